The van der Waals surface area contributed by atoms with Crippen molar-refractivity contribution in [2.45, 2.75) is 136 Å². The minimum absolute atomic E-state index is 0.0150. The summed E-state index contributed by atoms with van der Waals surface area (Å²) in [5, 5.41) is 3.13. The van der Waals surface area contributed by atoms with Gasteiger partial charge >= 0.3 is 5.97 Å². The SMILES string of the molecule is CC(C)[C@@H](CN1CCC[C@H]1C(=O)N1CCC[C@H]1C(=O)OC(C)(C)C)N(C)C(=O)[C@@H](NC(=O)C1CCCCN1C)C(C)(C)C. The fraction of sp³-hybridized carbons (Fsp3) is 0.879. The van der Waals surface area contributed by atoms with Crippen LogP contribution in [0.4, 0.5) is 0 Å². The Morgan fingerprint density at radius 3 is 2.05 bits per heavy atom. The molecule has 0 spiro atoms. The van der Waals surface area contributed by atoms with Crippen LogP contribution in [0.3, 0.4) is 0 Å². The van der Waals surface area contributed by atoms with E-state index < -0.39 is 23.1 Å². The number of rotatable bonds is 9. The number of likely N-dealkylation sites (N-methyl/N-ethyl adjacent to an activating group) is 2. The quantitative estimate of drug-likeness (QED) is 0.403. The van der Waals surface area contributed by atoms with E-state index in [1.165, 1.54) is 0 Å². The van der Waals surface area contributed by atoms with E-state index in [9.17, 15) is 19.2 Å². The van der Waals surface area contributed by atoms with Crippen molar-refractivity contribution in [3.8, 4) is 0 Å². The Morgan fingerprint density at radius 1 is 0.860 bits per heavy atom. The Bertz CT molecular complexity index is 1000. The number of ether oxygens (including phenoxy) is 1. The lowest BCUT2D eigenvalue weighted by Crippen LogP contribution is -2.61. The molecule has 0 aromatic heterocycles. The largest absolute Gasteiger partial charge is 0.458 e. The summed E-state index contributed by atoms with van der Waals surface area (Å²) >= 11 is 0. The van der Waals surface area contributed by atoms with Crippen LogP contribution < -0.4 is 5.32 Å². The predicted molar refractivity (Wildman–Crippen MR) is 168 cm³/mol. The van der Waals surface area contributed by atoms with Crippen LogP contribution in [0.15, 0.2) is 0 Å². The molecule has 0 aromatic carbocycles. The minimum Gasteiger partial charge on any atom is -0.458 e. The second kappa shape index (κ2) is 14.3. The number of carbonyl (C=O) groups excluding carboxylic acids is 4. The van der Waals surface area contributed by atoms with Gasteiger partial charge < -0.3 is 19.9 Å². The van der Waals surface area contributed by atoms with Gasteiger partial charge in [0.15, 0.2) is 0 Å². The molecule has 3 heterocycles. The van der Waals surface area contributed by atoms with Crippen molar-refractivity contribution in [1.82, 2.24) is 24.9 Å². The molecule has 246 valence electrons. The van der Waals surface area contributed by atoms with Crippen molar-refractivity contribution < 1.29 is 23.9 Å². The Hall–Kier alpha value is -2.20. The van der Waals surface area contributed by atoms with Crippen LogP contribution in [0.2, 0.25) is 0 Å². The van der Waals surface area contributed by atoms with Gasteiger partial charge in [-0.3, -0.25) is 24.2 Å². The molecular weight excluding hydrogens is 546 g/mol. The number of likely N-dealkylation sites (tertiary alicyclic amines) is 3. The van der Waals surface area contributed by atoms with Crippen LogP contribution >= 0.6 is 0 Å². The summed E-state index contributed by atoms with van der Waals surface area (Å²) in [6.45, 7) is 18.5. The molecule has 0 saturated carbocycles. The van der Waals surface area contributed by atoms with E-state index in [4.69, 9.17) is 4.74 Å². The van der Waals surface area contributed by atoms with Gasteiger partial charge in [-0.15, -0.1) is 0 Å². The second-order valence-corrected chi connectivity index (χ2v) is 15.4. The first kappa shape index (κ1) is 35.3. The van der Waals surface area contributed by atoms with Crippen LogP contribution in [-0.2, 0) is 23.9 Å². The van der Waals surface area contributed by atoms with E-state index in [1.54, 1.807) is 9.80 Å². The summed E-state index contributed by atoms with van der Waals surface area (Å²) in [5.74, 6) is -0.404. The summed E-state index contributed by atoms with van der Waals surface area (Å²) in [5.41, 5.74) is -1.08. The maximum atomic E-state index is 14.1. The summed E-state index contributed by atoms with van der Waals surface area (Å²) in [4.78, 5) is 62.1. The zero-order valence-corrected chi connectivity index (χ0v) is 28.6. The molecule has 0 radical (unpaired) electrons. The lowest BCUT2D eigenvalue weighted by Gasteiger charge is -2.41. The van der Waals surface area contributed by atoms with Crippen LogP contribution in [0, 0.1) is 11.3 Å². The highest BCUT2D eigenvalue weighted by Crippen LogP contribution is 2.29. The van der Waals surface area contributed by atoms with Crippen LogP contribution in [0.5, 0.6) is 0 Å². The normalized spacial score (nSPS) is 25.5. The van der Waals surface area contributed by atoms with E-state index in [0.717, 1.165) is 51.6 Å². The number of hydrogen-bond donors (Lipinski definition) is 1. The Morgan fingerprint density at radius 2 is 1.47 bits per heavy atom. The van der Waals surface area contributed by atoms with Crippen molar-refractivity contribution in [2.24, 2.45) is 11.3 Å². The van der Waals surface area contributed by atoms with Gasteiger partial charge in [0, 0.05) is 26.2 Å². The molecule has 10 nitrogen and oxygen atoms in total. The van der Waals surface area contributed by atoms with Gasteiger partial charge in [-0.25, -0.2) is 4.79 Å². The summed E-state index contributed by atoms with van der Waals surface area (Å²) < 4.78 is 5.64. The molecule has 5 atom stereocenters. The van der Waals surface area contributed by atoms with E-state index in [1.807, 2.05) is 55.6 Å². The molecular formula is C33H59N5O5. The molecule has 10 heteroatoms. The fourth-order valence-corrected chi connectivity index (χ4v) is 6.84. The van der Waals surface area contributed by atoms with E-state index in [0.29, 0.717) is 19.5 Å². The van der Waals surface area contributed by atoms with Crippen LogP contribution in [-0.4, -0.2) is 119 Å². The smallest absolute Gasteiger partial charge is 0.329 e. The highest BCUT2D eigenvalue weighted by atomic mass is 16.6. The average molecular weight is 606 g/mol. The third-order valence-electron chi connectivity index (χ3n) is 9.37. The number of nitrogens with one attached hydrogen (secondary N) is 1. The molecule has 0 aromatic rings. The van der Waals surface area contributed by atoms with Crippen molar-refractivity contribution in [3.63, 3.8) is 0 Å². The Labute approximate surface area is 260 Å². The highest BCUT2D eigenvalue weighted by molar-refractivity contribution is 5.91. The van der Waals surface area contributed by atoms with E-state index >= 15 is 0 Å². The number of amides is 3. The molecule has 3 rings (SSSR count). The monoisotopic (exact) mass is 605 g/mol. The molecule has 0 aliphatic carbocycles. The standard InChI is InChI=1S/C33H59N5O5/c1-22(2)26(36(10)30(41)27(32(3,4)5)34-28(39)23-15-11-12-18-35(23)9)21-37-19-13-16-24(37)29(40)38-20-14-17-25(38)31(42)43-33(6,7)8/h22-27H,11-21H2,1-10H3,(H,34,39)/t23?,24-,25-,26+,27+/m0/s1. The zero-order chi connectivity index (χ0) is 32.3. The number of carbonyl (C=O) groups is 4. The molecule has 3 saturated heterocycles. The van der Waals surface area contributed by atoms with Gasteiger partial charge in [0.2, 0.25) is 17.7 Å². The van der Waals surface area contributed by atoms with Crippen LogP contribution in [0.25, 0.3) is 0 Å². The third kappa shape index (κ3) is 8.93. The number of hydrogen-bond acceptors (Lipinski definition) is 7. The summed E-state index contributed by atoms with van der Waals surface area (Å²) in [6, 6.07) is -1.91. The molecule has 3 amide bonds. The lowest BCUT2D eigenvalue weighted by molar-refractivity contribution is -0.164. The Balaban J connectivity index is 1.73. The second-order valence-electron chi connectivity index (χ2n) is 15.4. The maximum Gasteiger partial charge on any atom is 0.329 e. The molecule has 3 aliphatic heterocycles. The number of nitrogens with zero attached hydrogens (tertiary/aromatic N) is 4. The molecule has 43 heavy (non-hydrogen) atoms. The highest BCUT2D eigenvalue weighted by Gasteiger charge is 2.44. The van der Waals surface area contributed by atoms with Gasteiger partial charge in [0.25, 0.3) is 0 Å². The number of piperidine rings is 1. The maximum absolute atomic E-state index is 14.1. The topological polar surface area (TPSA) is 103 Å². The summed E-state index contributed by atoms with van der Waals surface area (Å²) in [6.07, 6.45) is 5.92. The van der Waals surface area contributed by atoms with Gasteiger partial charge in [-0.1, -0.05) is 41.0 Å². The van der Waals surface area contributed by atoms with Gasteiger partial charge in [-0.2, -0.15) is 0 Å². The molecule has 1 unspecified atom stereocenters. The summed E-state index contributed by atoms with van der Waals surface area (Å²) in [7, 11) is 3.81. The first-order chi connectivity index (χ1) is 19.9. The average Bonchev–Trinajstić information content (AvgIpc) is 3.57. The minimum atomic E-state index is -0.670. The van der Waals surface area contributed by atoms with E-state index in [-0.39, 0.29) is 47.7 Å². The Kier molecular flexibility index (Phi) is 11.7. The van der Waals surface area contributed by atoms with Crippen molar-refractivity contribution in [3.05, 3.63) is 0 Å². The molecule has 3 fully saturated rings. The fourth-order valence-electron chi connectivity index (χ4n) is 6.84. The first-order valence-electron chi connectivity index (χ1n) is 16.5. The van der Waals surface area contributed by atoms with E-state index in [2.05, 4.69) is 29.0 Å². The number of esters is 1. The molecule has 3 aliphatic rings. The lowest BCUT2D eigenvalue weighted by atomic mass is 9.84. The molecule has 1 N–H and O–H groups in total. The third-order valence-corrected chi connectivity index (χ3v) is 9.37. The van der Waals surface area contributed by atoms with Gasteiger partial charge in [-0.05, 0) is 90.8 Å². The zero-order valence-electron chi connectivity index (χ0n) is 28.6. The van der Waals surface area contributed by atoms with Crippen molar-refractivity contribution >= 4 is 23.7 Å². The van der Waals surface area contributed by atoms with Crippen LogP contribution in [0.1, 0.15) is 100 Å². The first-order valence-corrected chi connectivity index (χ1v) is 16.5. The predicted octanol–water partition coefficient (Wildman–Crippen LogP) is 3.28. The molecule has 0 bridgehead atoms. The van der Waals surface area contributed by atoms with Gasteiger partial charge in [0.1, 0.15) is 17.7 Å². The van der Waals surface area contributed by atoms with Crippen molar-refractivity contribution in [2.75, 3.05) is 40.3 Å². The van der Waals surface area contributed by atoms with Gasteiger partial charge in [0.05, 0.1) is 12.1 Å². The van der Waals surface area contributed by atoms with Crippen molar-refractivity contribution in [1.29, 1.82) is 0 Å².